The van der Waals surface area contributed by atoms with Crippen molar-refractivity contribution in [1.82, 2.24) is 15.4 Å². The van der Waals surface area contributed by atoms with E-state index in [1.165, 1.54) is 12.1 Å². The summed E-state index contributed by atoms with van der Waals surface area (Å²) in [6.45, 7) is -0.0858. The van der Waals surface area contributed by atoms with Crippen molar-refractivity contribution in [2.45, 2.75) is 10.9 Å². The summed E-state index contributed by atoms with van der Waals surface area (Å²) >= 11 is 0. The number of hydrogen-bond acceptors (Lipinski definition) is 5. The van der Waals surface area contributed by atoms with Crippen LogP contribution in [0.2, 0.25) is 0 Å². The summed E-state index contributed by atoms with van der Waals surface area (Å²) in [5.74, 6) is -1.14. The van der Waals surface area contributed by atoms with Crippen molar-refractivity contribution in [2.75, 3.05) is 6.54 Å². The average Bonchev–Trinajstić information content (AvgIpc) is 2.64. The van der Waals surface area contributed by atoms with E-state index in [4.69, 9.17) is 5.11 Å². The van der Waals surface area contributed by atoms with Gasteiger partial charge in [0.25, 0.3) is 15.9 Å². The van der Waals surface area contributed by atoms with Gasteiger partial charge in [-0.05, 0) is 17.7 Å². The number of carbonyl (C=O) groups excluding carboxylic acids is 1. The van der Waals surface area contributed by atoms with Gasteiger partial charge in [0.1, 0.15) is 4.90 Å². The van der Waals surface area contributed by atoms with Gasteiger partial charge in [0.15, 0.2) is 0 Å². The van der Waals surface area contributed by atoms with E-state index in [2.05, 4.69) is 20.3 Å². The van der Waals surface area contributed by atoms with Crippen LogP contribution in [0.4, 0.5) is 10.5 Å². The van der Waals surface area contributed by atoms with Crippen molar-refractivity contribution in [3.05, 3.63) is 60.2 Å². The number of hydrogen-bond donors (Lipinski definition) is 4. The maximum absolute atomic E-state index is 12.4. The number of carboxylic acid groups (broad SMARTS) is 1. The maximum Gasteiger partial charge on any atom is 0.405 e. The molecule has 0 aliphatic carbocycles. The molecule has 0 bridgehead atoms. The van der Waals surface area contributed by atoms with Crippen LogP contribution in [-0.2, 0) is 14.8 Å². The van der Waals surface area contributed by atoms with E-state index >= 15 is 0 Å². The zero-order chi connectivity index (χ0) is 19.4. The summed E-state index contributed by atoms with van der Waals surface area (Å²) in [6.07, 6.45) is -1.25. The lowest BCUT2D eigenvalue weighted by atomic mass is 10.1. The Balaban J connectivity index is 1.77. The van der Waals surface area contributed by atoms with E-state index in [0.717, 1.165) is 0 Å². The van der Waals surface area contributed by atoms with E-state index in [1.54, 1.807) is 42.5 Å². The zero-order valence-corrected chi connectivity index (χ0v) is 14.7. The average molecular weight is 388 g/mol. The molecule has 1 aliphatic heterocycles. The molecule has 0 saturated heterocycles. The first kappa shape index (κ1) is 18.4. The molecule has 1 unspecified atom stereocenters. The third-order valence-electron chi connectivity index (χ3n) is 3.80. The van der Waals surface area contributed by atoms with Gasteiger partial charge in [0.2, 0.25) is 5.84 Å². The number of aliphatic imine (C=N–C) groups is 1. The Morgan fingerprint density at radius 3 is 2.44 bits per heavy atom. The van der Waals surface area contributed by atoms with Crippen molar-refractivity contribution in [3.63, 3.8) is 0 Å². The quantitative estimate of drug-likeness (QED) is 0.609. The molecule has 0 radical (unpaired) electrons. The van der Waals surface area contributed by atoms with Gasteiger partial charge in [-0.3, -0.25) is 9.52 Å². The maximum atomic E-state index is 12.4. The highest BCUT2D eigenvalue weighted by Crippen LogP contribution is 2.26. The highest BCUT2D eigenvalue weighted by molar-refractivity contribution is 7.90. The minimum atomic E-state index is -3.90. The van der Waals surface area contributed by atoms with Crippen molar-refractivity contribution >= 4 is 33.5 Å². The van der Waals surface area contributed by atoms with Crippen LogP contribution in [0.1, 0.15) is 11.6 Å². The van der Waals surface area contributed by atoms with Crippen LogP contribution in [0.15, 0.2) is 64.5 Å². The molecular weight excluding hydrogens is 372 g/mol. The Kier molecular flexibility index (Phi) is 5.08. The van der Waals surface area contributed by atoms with Crippen LogP contribution >= 0.6 is 0 Å². The predicted octanol–water partition coefficient (Wildman–Crippen LogP) is 1.13. The summed E-state index contributed by atoms with van der Waals surface area (Å²) < 4.78 is 26.6. The molecule has 27 heavy (non-hydrogen) atoms. The molecule has 0 fully saturated rings. The highest BCUT2D eigenvalue weighted by Gasteiger charge is 2.28. The number of sulfonamides is 1. The molecule has 1 atom stereocenters. The van der Waals surface area contributed by atoms with Crippen molar-refractivity contribution < 1.29 is 23.1 Å². The number of nitrogens with one attached hydrogen (secondary N) is 3. The van der Waals surface area contributed by atoms with Gasteiger partial charge in [0, 0.05) is 6.54 Å². The van der Waals surface area contributed by atoms with Gasteiger partial charge in [-0.2, -0.15) is 0 Å². The van der Waals surface area contributed by atoms with Gasteiger partial charge < -0.3 is 15.7 Å². The largest absolute Gasteiger partial charge is 0.465 e. The molecule has 0 aromatic heterocycles. The minimum absolute atomic E-state index is 0.0174. The van der Waals surface area contributed by atoms with Gasteiger partial charge in [-0.25, -0.2) is 18.2 Å². The number of fused-ring (bicyclic) bond motifs is 1. The topological polar surface area (TPSA) is 137 Å². The molecule has 140 valence electrons. The summed E-state index contributed by atoms with van der Waals surface area (Å²) in [4.78, 5) is 27.4. The van der Waals surface area contributed by atoms with Crippen LogP contribution in [0.25, 0.3) is 0 Å². The Morgan fingerprint density at radius 2 is 1.74 bits per heavy atom. The van der Waals surface area contributed by atoms with Crippen molar-refractivity contribution in [3.8, 4) is 0 Å². The molecule has 1 aliphatic rings. The summed E-state index contributed by atoms with van der Waals surface area (Å²) in [5.41, 5.74) is 0.807. The van der Waals surface area contributed by atoms with Gasteiger partial charge in [-0.15, -0.1) is 0 Å². The smallest absolute Gasteiger partial charge is 0.405 e. The van der Waals surface area contributed by atoms with Crippen LogP contribution < -0.4 is 15.4 Å². The number of rotatable bonds is 5. The predicted molar refractivity (Wildman–Crippen MR) is 97.2 cm³/mol. The number of amidine groups is 1. The number of para-hydroxylation sites is 1. The van der Waals surface area contributed by atoms with E-state index < -0.39 is 28.1 Å². The lowest BCUT2D eigenvalue weighted by Crippen LogP contribution is -2.46. The molecule has 4 N–H and O–H groups in total. The molecular formula is C17H16N4O5S. The Hall–Kier alpha value is -3.40. The van der Waals surface area contributed by atoms with Crippen molar-refractivity contribution in [1.29, 1.82) is 0 Å². The van der Waals surface area contributed by atoms with Crippen LogP contribution in [0, 0.1) is 0 Å². The van der Waals surface area contributed by atoms with Crippen LogP contribution in [-0.4, -0.2) is 37.9 Å². The second-order valence-corrected chi connectivity index (χ2v) is 7.31. The highest BCUT2D eigenvalue weighted by atomic mass is 32.2. The second kappa shape index (κ2) is 7.46. The van der Waals surface area contributed by atoms with Crippen molar-refractivity contribution in [2.24, 2.45) is 4.99 Å². The molecule has 9 nitrogen and oxygen atoms in total. The van der Waals surface area contributed by atoms with Crippen LogP contribution in [0.3, 0.4) is 0 Å². The number of nitrogens with zero attached hydrogens (tertiary/aromatic N) is 1. The lowest BCUT2D eigenvalue weighted by Gasteiger charge is -2.20. The zero-order valence-electron chi connectivity index (χ0n) is 13.9. The molecule has 2 aromatic carbocycles. The van der Waals surface area contributed by atoms with Gasteiger partial charge in [-0.1, -0.05) is 42.5 Å². The van der Waals surface area contributed by atoms with Gasteiger partial charge in [0.05, 0.1) is 11.7 Å². The Morgan fingerprint density at radius 1 is 1.07 bits per heavy atom. The molecule has 3 rings (SSSR count). The van der Waals surface area contributed by atoms with E-state index in [9.17, 15) is 18.0 Å². The normalized spacial score (nSPS) is 15.5. The molecule has 0 saturated carbocycles. The fourth-order valence-corrected chi connectivity index (χ4v) is 3.71. The van der Waals surface area contributed by atoms with Gasteiger partial charge >= 0.3 is 6.09 Å². The minimum Gasteiger partial charge on any atom is -0.465 e. The molecule has 1 heterocycles. The third-order valence-corrected chi connectivity index (χ3v) is 5.19. The summed E-state index contributed by atoms with van der Waals surface area (Å²) in [6, 6.07) is 14.0. The Labute approximate surface area is 155 Å². The third kappa shape index (κ3) is 4.23. The molecule has 2 amide bonds. The number of amides is 2. The molecule has 2 aromatic rings. The summed E-state index contributed by atoms with van der Waals surface area (Å²) in [7, 11) is -3.90. The first-order valence-corrected chi connectivity index (χ1v) is 9.38. The van der Waals surface area contributed by atoms with E-state index in [0.29, 0.717) is 5.56 Å². The standard InChI is InChI=1S/C17H16N4O5S/c22-16(15-19-12-8-4-5-9-14(12)27(25,26)21-15)18-10-13(20-17(23)24)11-6-2-1-3-7-11/h1-9,13,20H,10H2,(H,18,22)(H,19,21)(H,23,24). The lowest BCUT2D eigenvalue weighted by molar-refractivity contribution is -0.115. The SMILES string of the molecule is O=C(O)NC(CNC(=O)C1=Nc2ccccc2S(=O)(=O)N1)c1ccccc1. The number of benzene rings is 2. The first-order chi connectivity index (χ1) is 12.9. The number of carbonyl (C=O) groups is 2. The molecule has 0 spiro atoms. The summed E-state index contributed by atoms with van der Waals surface area (Å²) in [5, 5.41) is 13.8. The van der Waals surface area contributed by atoms with E-state index in [1.807, 2.05) is 0 Å². The molecule has 10 heteroatoms. The van der Waals surface area contributed by atoms with E-state index in [-0.39, 0.29) is 23.0 Å². The monoisotopic (exact) mass is 388 g/mol. The van der Waals surface area contributed by atoms with Crippen LogP contribution in [0.5, 0.6) is 0 Å². The fraction of sp³-hybridized carbons (Fsp3) is 0.118. The Bertz CT molecular complexity index is 1000. The second-order valence-electron chi connectivity index (χ2n) is 5.66. The fourth-order valence-electron chi connectivity index (χ4n) is 2.56. The first-order valence-electron chi connectivity index (χ1n) is 7.90.